The van der Waals surface area contributed by atoms with Crippen LogP contribution in [-0.2, 0) is 25.7 Å². The van der Waals surface area contributed by atoms with Gasteiger partial charge in [0.25, 0.3) is 5.91 Å². The molecule has 6 aromatic rings. The molecule has 1 aliphatic carbocycles. The fraction of sp³-hybridized carbons (Fsp3) is 0.360. The normalized spacial score (nSPS) is 20.5. The van der Waals surface area contributed by atoms with Gasteiger partial charge in [-0.2, -0.15) is 0 Å². The summed E-state index contributed by atoms with van der Waals surface area (Å²) >= 11 is 0. The summed E-state index contributed by atoms with van der Waals surface area (Å²) in [6.07, 6.45) is 4.95. The molecule has 65 heavy (non-hydrogen) atoms. The van der Waals surface area contributed by atoms with E-state index in [0.29, 0.717) is 24.5 Å². The van der Waals surface area contributed by atoms with Crippen molar-refractivity contribution < 1.29 is 33.4 Å². The average molecular weight is 877 g/mol. The highest BCUT2D eigenvalue weighted by Gasteiger charge is 2.51. The summed E-state index contributed by atoms with van der Waals surface area (Å²) in [7, 11) is 2.59. The number of carbonyl (C=O) groups excluding carboxylic acids is 4. The van der Waals surface area contributed by atoms with Crippen LogP contribution >= 0.6 is 0 Å². The third kappa shape index (κ3) is 7.72. The second-order valence-corrected chi connectivity index (χ2v) is 17.9. The first-order valence-corrected chi connectivity index (χ1v) is 22.4. The number of aromatic nitrogens is 4. The number of nitrogens with zero attached hydrogens (tertiary/aromatic N) is 4. The van der Waals surface area contributed by atoms with E-state index in [-0.39, 0.29) is 41.8 Å². The number of rotatable bonds is 10. The molecular formula is C50H52N8O7. The van der Waals surface area contributed by atoms with Crippen LogP contribution in [0.25, 0.3) is 44.5 Å². The van der Waals surface area contributed by atoms with Crippen LogP contribution in [0.4, 0.5) is 9.59 Å². The molecule has 334 valence electrons. The monoisotopic (exact) mass is 876 g/mol. The summed E-state index contributed by atoms with van der Waals surface area (Å²) in [4.78, 5) is 73.2. The molecule has 0 spiro atoms. The molecule has 1 unspecified atom stereocenters. The lowest BCUT2D eigenvalue weighted by molar-refractivity contribution is -0.138. The third-order valence-corrected chi connectivity index (χ3v) is 13.7. The molecule has 3 fully saturated rings. The number of carbonyl (C=O) groups is 4. The summed E-state index contributed by atoms with van der Waals surface area (Å²) in [6, 6.07) is 26.1. The number of imidazole rings is 2. The van der Waals surface area contributed by atoms with Crippen LogP contribution in [0.5, 0.6) is 5.75 Å². The number of hydrogen-bond acceptors (Lipinski definition) is 9. The number of piperidine rings is 1. The second kappa shape index (κ2) is 17.1. The summed E-state index contributed by atoms with van der Waals surface area (Å²) < 4.78 is 16.1. The summed E-state index contributed by atoms with van der Waals surface area (Å²) in [5, 5.41) is 5.49. The van der Waals surface area contributed by atoms with Crippen molar-refractivity contribution in [2.75, 3.05) is 20.8 Å². The Kier molecular flexibility index (Phi) is 11.0. The van der Waals surface area contributed by atoms with Gasteiger partial charge in [0.05, 0.1) is 49.2 Å². The molecule has 4 aliphatic rings. The Hall–Kier alpha value is -7.16. The highest BCUT2D eigenvalue weighted by molar-refractivity contribution is 5.89. The van der Waals surface area contributed by atoms with Gasteiger partial charge in [0.2, 0.25) is 5.91 Å². The molecule has 3 aliphatic heterocycles. The minimum absolute atomic E-state index is 0.0620. The lowest BCUT2D eigenvalue weighted by Crippen LogP contribution is -2.51. The molecular weight excluding hydrogens is 825 g/mol. The number of H-pyrrole nitrogens is 2. The fourth-order valence-corrected chi connectivity index (χ4v) is 10.5. The van der Waals surface area contributed by atoms with E-state index in [9.17, 15) is 19.2 Å². The number of methoxy groups -OCH3 is 2. The maximum Gasteiger partial charge on any atom is 0.407 e. The minimum Gasteiger partial charge on any atom is -0.488 e. The zero-order chi connectivity index (χ0) is 44.9. The summed E-state index contributed by atoms with van der Waals surface area (Å²) in [5.41, 5.74) is 9.37. The summed E-state index contributed by atoms with van der Waals surface area (Å²) in [6.45, 7) is 4.79. The molecule has 5 heterocycles. The topological polar surface area (TPSA) is 184 Å². The zero-order valence-corrected chi connectivity index (χ0v) is 36.8. The van der Waals surface area contributed by atoms with Crippen molar-refractivity contribution in [2.24, 2.45) is 11.8 Å². The van der Waals surface area contributed by atoms with Gasteiger partial charge in [0.1, 0.15) is 36.1 Å². The second-order valence-electron chi connectivity index (χ2n) is 17.9. The lowest BCUT2D eigenvalue weighted by Gasteiger charge is -2.36. The van der Waals surface area contributed by atoms with Crippen molar-refractivity contribution in [1.82, 2.24) is 40.4 Å². The molecule has 15 heteroatoms. The molecule has 2 saturated heterocycles. The first kappa shape index (κ1) is 41.8. The zero-order valence-electron chi connectivity index (χ0n) is 36.8. The van der Waals surface area contributed by atoms with Crippen LogP contribution in [-0.4, -0.2) is 86.6 Å². The van der Waals surface area contributed by atoms with E-state index in [1.807, 2.05) is 66.2 Å². The Morgan fingerprint density at radius 1 is 0.800 bits per heavy atom. The van der Waals surface area contributed by atoms with Crippen molar-refractivity contribution in [1.29, 1.82) is 0 Å². The van der Waals surface area contributed by atoms with Gasteiger partial charge in [-0.1, -0.05) is 74.5 Å². The van der Waals surface area contributed by atoms with Crippen molar-refractivity contribution in [3.05, 3.63) is 114 Å². The number of alkyl carbamates (subject to hydrolysis) is 2. The number of aromatic amines is 2. The van der Waals surface area contributed by atoms with Gasteiger partial charge in [0, 0.05) is 18.2 Å². The number of hydrogen-bond donors (Lipinski definition) is 4. The van der Waals surface area contributed by atoms with E-state index >= 15 is 0 Å². The van der Waals surface area contributed by atoms with Gasteiger partial charge in [-0.25, -0.2) is 19.6 Å². The minimum atomic E-state index is -0.886. The van der Waals surface area contributed by atoms with E-state index in [2.05, 4.69) is 69.1 Å². The smallest absolute Gasteiger partial charge is 0.407 e. The van der Waals surface area contributed by atoms with Crippen LogP contribution in [0.3, 0.4) is 0 Å². The maximum atomic E-state index is 14.4. The highest BCUT2D eigenvalue weighted by atomic mass is 16.5. The van der Waals surface area contributed by atoms with Crippen molar-refractivity contribution in [2.45, 2.75) is 82.8 Å². The predicted octanol–water partition coefficient (Wildman–Crippen LogP) is 8.37. The Bertz CT molecular complexity index is 2800. The predicted molar refractivity (Wildman–Crippen MR) is 242 cm³/mol. The first-order chi connectivity index (χ1) is 31.6. The van der Waals surface area contributed by atoms with Crippen LogP contribution in [0, 0.1) is 11.8 Å². The number of benzene rings is 4. The fourth-order valence-electron chi connectivity index (χ4n) is 10.5. The van der Waals surface area contributed by atoms with E-state index in [0.717, 1.165) is 93.8 Å². The Morgan fingerprint density at radius 2 is 1.55 bits per heavy atom. The number of nitrogens with one attached hydrogen (secondary N) is 4. The summed E-state index contributed by atoms with van der Waals surface area (Å²) in [5.74, 6) is 2.09. The standard InChI is InChI=1S/C50H52N8O7/c1-27(2)42(55-49(61)63-3)47(59)57-20-8-11-40(57)45-51-25-39(54-45)31-14-17-35-33(21-31)26-65-41-24-30(13-18-36(35)41)29-15-19-37-38(23-29)53-46(52-37)44-32-12-16-34(22-32)58(44)48(60)43(56-50(62)64-4)28-9-6-5-7-10-28/h5-7,9-10,13-15,17-19,21,23-25,27,32,34,40,42-44H,8,11-12,16,20,22,26H2,1-4H3,(H,51,54)(H,52,53)(H,55,61)(H,56,62)/t32-,34+,40-,42?,43+,44-/m0/s1. The molecule has 2 bridgehead atoms. The molecule has 4 aromatic carbocycles. The Balaban J connectivity index is 0.864. The SMILES string of the molecule is COC(=O)NC(C(=O)N1CCC[C@H]1c1ncc(-c2ccc3c(c2)COc2cc(-c4ccc5nc([C@@H]6[C@H]7CC[C@H](C7)N6C(=O)[C@H](NC(=O)OC)c6ccccc6)[nH]c5c4)ccc2-3)[nH]1)C(C)C. The van der Waals surface area contributed by atoms with Gasteiger partial charge in [-0.15, -0.1) is 0 Å². The quantitative estimate of drug-likeness (QED) is 0.105. The van der Waals surface area contributed by atoms with Crippen LogP contribution in [0.2, 0.25) is 0 Å². The molecule has 0 radical (unpaired) electrons. The van der Waals surface area contributed by atoms with Gasteiger partial charge < -0.3 is 44.6 Å². The van der Waals surface area contributed by atoms with E-state index < -0.39 is 24.3 Å². The van der Waals surface area contributed by atoms with Gasteiger partial charge in [-0.3, -0.25) is 9.59 Å². The average Bonchev–Trinajstić information content (AvgIpc) is 4.20. The Labute approximate surface area is 376 Å². The third-order valence-electron chi connectivity index (χ3n) is 13.7. The molecule has 2 aromatic heterocycles. The number of ether oxygens (including phenoxy) is 3. The van der Waals surface area contributed by atoms with Crippen LogP contribution < -0.4 is 15.4 Å². The number of amides is 4. The molecule has 6 atom stereocenters. The molecule has 4 N–H and O–H groups in total. The molecule has 4 amide bonds. The van der Waals surface area contributed by atoms with Crippen molar-refractivity contribution >= 4 is 35.0 Å². The molecule has 10 rings (SSSR count). The Morgan fingerprint density at radius 3 is 2.35 bits per heavy atom. The molecule has 15 nitrogen and oxygen atoms in total. The van der Waals surface area contributed by atoms with E-state index in [1.165, 1.54) is 14.2 Å². The van der Waals surface area contributed by atoms with Crippen molar-refractivity contribution in [3.8, 4) is 39.3 Å². The first-order valence-electron chi connectivity index (χ1n) is 22.4. The number of fused-ring (bicyclic) bond motifs is 6. The molecule has 1 saturated carbocycles. The van der Waals surface area contributed by atoms with Crippen LogP contribution in [0.15, 0.2) is 91.1 Å². The van der Waals surface area contributed by atoms with Crippen LogP contribution in [0.1, 0.15) is 86.9 Å². The van der Waals surface area contributed by atoms with E-state index in [4.69, 9.17) is 24.2 Å². The maximum absolute atomic E-state index is 14.4. The highest BCUT2D eigenvalue weighted by Crippen LogP contribution is 2.51. The van der Waals surface area contributed by atoms with E-state index in [1.54, 1.807) is 0 Å². The van der Waals surface area contributed by atoms with Crippen molar-refractivity contribution in [3.63, 3.8) is 0 Å². The largest absolute Gasteiger partial charge is 0.488 e. The lowest BCUT2D eigenvalue weighted by atomic mass is 9.92. The van der Waals surface area contributed by atoms with Gasteiger partial charge in [-0.05, 0) is 102 Å². The number of likely N-dealkylation sites (tertiary alicyclic amines) is 2. The van der Waals surface area contributed by atoms with Gasteiger partial charge >= 0.3 is 12.2 Å². The van der Waals surface area contributed by atoms with Gasteiger partial charge in [0.15, 0.2) is 0 Å².